The number of aromatic nitrogens is 1. The van der Waals surface area contributed by atoms with Crippen molar-refractivity contribution in [3.05, 3.63) is 30.1 Å². The normalized spacial score (nSPS) is 13.5. The van der Waals surface area contributed by atoms with Crippen molar-refractivity contribution in [2.24, 2.45) is 0 Å². The van der Waals surface area contributed by atoms with Crippen LogP contribution < -0.4 is 10.6 Å². The van der Waals surface area contributed by atoms with Crippen LogP contribution in [0.5, 0.6) is 0 Å². The minimum absolute atomic E-state index is 0.109. The number of imide groups is 1. The molecule has 7 nitrogen and oxygen atoms in total. The van der Waals surface area contributed by atoms with Crippen LogP contribution in [0.3, 0.4) is 0 Å². The topological polar surface area (TPSA) is 97.4 Å². The number of carbonyl (C=O) groups excluding carboxylic acids is 3. The third-order valence-electron chi connectivity index (χ3n) is 2.37. The summed E-state index contributed by atoms with van der Waals surface area (Å²) in [5, 5.41) is 4.65. The summed E-state index contributed by atoms with van der Waals surface area (Å²) in [6.07, 6.45) is 3.30. The average Bonchev–Trinajstić information content (AvgIpc) is 3.20. The quantitative estimate of drug-likeness (QED) is 0.758. The summed E-state index contributed by atoms with van der Waals surface area (Å²) >= 11 is 0. The Morgan fingerprint density at radius 3 is 2.74 bits per heavy atom. The number of ether oxygens (including phenoxy) is 1. The summed E-state index contributed by atoms with van der Waals surface area (Å²) in [7, 11) is 0. The number of amides is 3. The van der Waals surface area contributed by atoms with Crippen molar-refractivity contribution >= 4 is 17.9 Å². The summed E-state index contributed by atoms with van der Waals surface area (Å²) in [6, 6.07) is 4.35. The highest BCUT2D eigenvalue weighted by Gasteiger charge is 2.24. The van der Waals surface area contributed by atoms with E-state index in [4.69, 9.17) is 4.74 Å². The van der Waals surface area contributed by atoms with E-state index in [2.05, 4.69) is 15.6 Å². The van der Waals surface area contributed by atoms with Crippen LogP contribution in [-0.2, 0) is 9.53 Å². The minimum Gasteiger partial charge on any atom is -0.451 e. The summed E-state index contributed by atoms with van der Waals surface area (Å²) in [4.78, 5) is 37.8. The Hall–Kier alpha value is -2.44. The molecule has 0 bridgehead atoms. The van der Waals surface area contributed by atoms with Crippen molar-refractivity contribution in [3.63, 3.8) is 0 Å². The van der Waals surface area contributed by atoms with E-state index in [0.717, 1.165) is 12.8 Å². The number of urea groups is 1. The number of hydrogen-bond acceptors (Lipinski definition) is 5. The Labute approximate surface area is 109 Å². The number of carbonyl (C=O) groups is 3. The van der Waals surface area contributed by atoms with Crippen molar-refractivity contribution in [3.8, 4) is 0 Å². The van der Waals surface area contributed by atoms with Gasteiger partial charge in [0.25, 0.3) is 5.91 Å². The molecule has 0 spiro atoms. The molecular weight excluding hydrogens is 250 g/mol. The SMILES string of the molecule is O=C(COC(=O)c1ccccn1)NC(=O)NC1CC1. The third-order valence-corrected chi connectivity index (χ3v) is 2.37. The van der Waals surface area contributed by atoms with E-state index in [1.54, 1.807) is 12.1 Å². The summed E-state index contributed by atoms with van der Waals surface area (Å²) in [5.74, 6) is -1.39. The van der Waals surface area contributed by atoms with Gasteiger partial charge in [-0.3, -0.25) is 10.1 Å². The predicted molar refractivity (Wildman–Crippen MR) is 64.2 cm³/mol. The molecule has 1 aromatic heterocycles. The van der Waals surface area contributed by atoms with E-state index in [0.29, 0.717) is 0 Å². The second-order valence-corrected chi connectivity index (χ2v) is 4.09. The molecule has 1 heterocycles. The van der Waals surface area contributed by atoms with Gasteiger partial charge in [0, 0.05) is 12.2 Å². The maximum Gasteiger partial charge on any atom is 0.357 e. The Balaban J connectivity index is 1.70. The number of esters is 1. The largest absolute Gasteiger partial charge is 0.451 e. The van der Waals surface area contributed by atoms with Gasteiger partial charge in [0.05, 0.1) is 0 Å². The van der Waals surface area contributed by atoms with Crippen molar-refractivity contribution in [1.82, 2.24) is 15.6 Å². The third kappa shape index (κ3) is 4.38. The monoisotopic (exact) mass is 263 g/mol. The number of nitrogens with one attached hydrogen (secondary N) is 2. The van der Waals surface area contributed by atoms with Gasteiger partial charge in [-0.2, -0.15) is 0 Å². The van der Waals surface area contributed by atoms with Gasteiger partial charge in [-0.1, -0.05) is 6.07 Å². The summed E-state index contributed by atoms with van der Waals surface area (Å²) in [5.41, 5.74) is 0.109. The van der Waals surface area contributed by atoms with Crippen LogP contribution in [0.15, 0.2) is 24.4 Å². The van der Waals surface area contributed by atoms with Gasteiger partial charge in [0.2, 0.25) is 0 Å². The maximum absolute atomic E-state index is 11.5. The molecule has 3 amide bonds. The summed E-state index contributed by atoms with van der Waals surface area (Å²) in [6.45, 7) is -0.520. The van der Waals surface area contributed by atoms with Crippen LogP contribution >= 0.6 is 0 Å². The molecule has 19 heavy (non-hydrogen) atoms. The van der Waals surface area contributed by atoms with Crippen LogP contribution in [0, 0.1) is 0 Å². The first-order chi connectivity index (χ1) is 9.15. The van der Waals surface area contributed by atoms with E-state index < -0.39 is 24.5 Å². The van der Waals surface area contributed by atoms with E-state index >= 15 is 0 Å². The molecule has 0 saturated heterocycles. The molecular formula is C12H13N3O4. The fraction of sp³-hybridized carbons (Fsp3) is 0.333. The van der Waals surface area contributed by atoms with Crippen molar-refractivity contribution in [2.75, 3.05) is 6.61 Å². The van der Waals surface area contributed by atoms with Crippen LogP contribution in [0.25, 0.3) is 0 Å². The van der Waals surface area contributed by atoms with Gasteiger partial charge in [-0.25, -0.2) is 14.6 Å². The zero-order chi connectivity index (χ0) is 13.7. The molecule has 7 heteroatoms. The van der Waals surface area contributed by atoms with Gasteiger partial charge in [-0.15, -0.1) is 0 Å². The molecule has 1 fully saturated rings. The Kier molecular flexibility index (Phi) is 4.07. The molecule has 1 aromatic rings. The molecule has 1 aliphatic carbocycles. The van der Waals surface area contributed by atoms with Crippen molar-refractivity contribution < 1.29 is 19.1 Å². The molecule has 0 aliphatic heterocycles. The Morgan fingerprint density at radius 2 is 2.11 bits per heavy atom. The smallest absolute Gasteiger partial charge is 0.357 e. The van der Waals surface area contributed by atoms with Crippen molar-refractivity contribution in [2.45, 2.75) is 18.9 Å². The van der Waals surface area contributed by atoms with Gasteiger partial charge in [0.1, 0.15) is 5.69 Å². The van der Waals surface area contributed by atoms with Crippen molar-refractivity contribution in [1.29, 1.82) is 0 Å². The Morgan fingerprint density at radius 1 is 1.32 bits per heavy atom. The van der Waals surface area contributed by atoms with Crippen LogP contribution in [0.2, 0.25) is 0 Å². The van der Waals surface area contributed by atoms with Gasteiger partial charge < -0.3 is 10.1 Å². The molecule has 2 N–H and O–H groups in total. The lowest BCUT2D eigenvalue weighted by Gasteiger charge is -2.06. The molecule has 2 rings (SSSR count). The number of hydrogen-bond donors (Lipinski definition) is 2. The highest BCUT2D eigenvalue weighted by Crippen LogP contribution is 2.18. The molecule has 1 aliphatic rings. The second kappa shape index (κ2) is 5.94. The molecule has 100 valence electrons. The van der Waals surface area contributed by atoms with E-state index in [-0.39, 0.29) is 11.7 Å². The van der Waals surface area contributed by atoms with Gasteiger partial charge in [-0.05, 0) is 25.0 Å². The lowest BCUT2D eigenvalue weighted by Crippen LogP contribution is -2.42. The first-order valence-electron chi connectivity index (χ1n) is 5.83. The number of pyridine rings is 1. The number of rotatable bonds is 4. The second-order valence-electron chi connectivity index (χ2n) is 4.09. The van der Waals surface area contributed by atoms with E-state index in [1.807, 2.05) is 0 Å². The van der Waals surface area contributed by atoms with Gasteiger partial charge >= 0.3 is 12.0 Å². The van der Waals surface area contributed by atoms with E-state index in [9.17, 15) is 14.4 Å². The summed E-state index contributed by atoms with van der Waals surface area (Å²) < 4.78 is 4.72. The van der Waals surface area contributed by atoms with Crippen LogP contribution in [0.4, 0.5) is 4.79 Å². The molecule has 0 radical (unpaired) electrons. The number of nitrogens with zero attached hydrogens (tertiary/aromatic N) is 1. The predicted octanol–water partition coefficient (Wildman–Crippen LogP) is 0.227. The minimum atomic E-state index is -0.710. The van der Waals surface area contributed by atoms with Crippen LogP contribution in [-0.4, -0.2) is 35.5 Å². The maximum atomic E-state index is 11.5. The van der Waals surface area contributed by atoms with E-state index in [1.165, 1.54) is 12.3 Å². The lowest BCUT2D eigenvalue weighted by atomic mass is 10.3. The first-order valence-corrected chi connectivity index (χ1v) is 5.83. The molecule has 0 atom stereocenters. The highest BCUT2D eigenvalue weighted by atomic mass is 16.5. The zero-order valence-corrected chi connectivity index (χ0v) is 10.1. The fourth-order valence-corrected chi connectivity index (χ4v) is 1.30. The highest BCUT2D eigenvalue weighted by molar-refractivity contribution is 5.96. The average molecular weight is 263 g/mol. The standard InChI is InChI=1S/C12H13N3O4/c16-10(15-12(18)14-8-4-5-8)7-19-11(17)9-3-1-2-6-13-9/h1-3,6,8H,4-5,7H2,(H2,14,15,16,18). The first kappa shape index (κ1) is 13.0. The van der Waals surface area contributed by atoms with Gasteiger partial charge in [0.15, 0.2) is 6.61 Å². The molecule has 0 unspecified atom stereocenters. The Bertz CT molecular complexity index is 485. The molecule has 0 aromatic carbocycles. The lowest BCUT2D eigenvalue weighted by molar-refractivity contribution is -0.123. The molecule has 1 saturated carbocycles. The van der Waals surface area contributed by atoms with Crippen LogP contribution in [0.1, 0.15) is 23.3 Å². The fourth-order valence-electron chi connectivity index (χ4n) is 1.30. The zero-order valence-electron chi connectivity index (χ0n) is 10.1.